The summed E-state index contributed by atoms with van der Waals surface area (Å²) in [5.74, 6) is 0.880. The lowest BCUT2D eigenvalue weighted by Crippen LogP contribution is -2.48. The van der Waals surface area contributed by atoms with Crippen LogP contribution < -0.4 is 16.0 Å². The third kappa shape index (κ3) is 3.95. The molecule has 10 heteroatoms. The zero-order valence-electron chi connectivity index (χ0n) is 15.4. The van der Waals surface area contributed by atoms with Crippen LogP contribution in [0.15, 0.2) is 34.7 Å². The molecule has 4 rings (SSSR count). The SMILES string of the molecule is Nc1ncc(Cl)c(N2CCN(CC(NC3=NC=CC3)=C3CC3)CC2)c1[N+](=O)[O-]. The maximum Gasteiger partial charge on any atom is 0.335 e. The average Bonchev–Trinajstić information content (AvgIpc) is 3.40. The first-order valence-electron chi connectivity index (χ1n) is 9.28. The van der Waals surface area contributed by atoms with Crippen molar-refractivity contribution in [3.63, 3.8) is 0 Å². The molecule has 0 atom stereocenters. The largest absolute Gasteiger partial charge is 0.378 e. The van der Waals surface area contributed by atoms with E-state index in [0.29, 0.717) is 18.8 Å². The number of aromatic nitrogens is 1. The molecule has 0 aromatic carbocycles. The van der Waals surface area contributed by atoms with Crippen molar-refractivity contribution in [2.24, 2.45) is 4.99 Å². The number of hydrogen-bond acceptors (Lipinski definition) is 8. The fourth-order valence-electron chi connectivity index (χ4n) is 3.54. The summed E-state index contributed by atoms with van der Waals surface area (Å²) in [6, 6.07) is 0. The van der Waals surface area contributed by atoms with E-state index >= 15 is 0 Å². The molecule has 2 fully saturated rings. The molecule has 0 bridgehead atoms. The molecule has 0 radical (unpaired) electrons. The topological polar surface area (TPSA) is 113 Å². The van der Waals surface area contributed by atoms with Gasteiger partial charge in [0.1, 0.15) is 11.5 Å². The lowest BCUT2D eigenvalue weighted by Gasteiger charge is -2.36. The van der Waals surface area contributed by atoms with Gasteiger partial charge < -0.3 is 16.0 Å². The van der Waals surface area contributed by atoms with E-state index in [9.17, 15) is 10.1 Å². The molecule has 0 spiro atoms. The highest BCUT2D eigenvalue weighted by Crippen LogP contribution is 2.39. The number of piperazine rings is 1. The Bertz CT molecular complexity index is 882. The number of anilines is 2. The number of halogens is 1. The second kappa shape index (κ2) is 7.76. The van der Waals surface area contributed by atoms with Gasteiger partial charge in [-0.2, -0.15) is 0 Å². The van der Waals surface area contributed by atoms with Gasteiger partial charge >= 0.3 is 5.69 Å². The molecular formula is C18H22ClN7O2. The minimum Gasteiger partial charge on any atom is -0.378 e. The monoisotopic (exact) mass is 403 g/mol. The van der Waals surface area contributed by atoms with Crippen LogP contribution in [0.1, 0.15) is 19.3 Å². The number of nitrogens with one attached hydrogen (secondary N) is 1. The molecule has 3 heterocycles. The number of nitrogens with two attached hydrogens (primary N) is 1. The van der Waals surface area contributed by atoms with Gasteiger partial charge in [0.2, 0.25) is 5.82 Å². The maximum absolute atomic E-state index is 11.5. The maximum atomic E-state index is 11.5. The third-order valence-electron chi connectivity index (χ3n) is 5.13. The molecule has 1 saturated heterocycles. The van der Waals surface area contributed by atoms with Crippen LogP contribution in [0.4, 0.5) is 17.2 Å². The summed E-state index contributed by atoms with van der Waals surface area (Å²) < 4.78 is 0. The van der Waals surface area contributed by atoms with E-state index in [1.54, 1.807) is 0 Å². The highest BCUT2D eigenvalue weighted by molar-refractivity contribution is 6.33. The van der Waals surface area contributed by atoms with E-state index < -0.39 is 4.92 Å². The highest BCUT2D eigenvalue weighted by Gasteiger charge is 2.30. The Morgan fingerprint density at radius 2 is 2.07 bits per heavy atom. The Morgan fingerprint density at radius 1 is 1.32 bits per heavy atom. The van der Waals surface area contributed by atoms with Crippen molar-refractivity contribution in [3.05, 3.63) is 44.9 Å². The molecule has 2 aliphatic heterocycles. The summed E-state index contributed by atoms with van der Waals surface area (Å²) in [5, 5.41) is 15.2. The number of rotatable bonds is 5. The van der Waals surface area contributed by atoms with Crippen LogP contribution in [0.2, 0.25) is 5.02 Å². The van der Waals surface area contributed by atoms with E-state index in [4.69, 9.17) is 17.3 Å². The number of nitrogens with zero attached hydrogens (tertiary/aromatic N) is 5. The quantitative estimate of drug-likeness (QED) is 0.572. The number of nitrogen functional groups attached to an aromatic ring is 1. The van der Waals surface area contributed by atoms with Crippen LogP contribution in [-0.2, 0) is 0 Å². The van der Waals surface area contributed by atoms with Gasteiger partial charge in [-0.15, -0.1) is 0 Å². The first-order chi connectivity index (χ1) is 13.5. The summed E-state index contributed by atoms with van der Waals surface area (Å²) in [5.41, 5.74) is 8.58. The van der Waals surface area contributed by atoms with Gasteiger partial charge in [0.15, 0.2) is 0 Å². The summed E-state index contributed by atoms with van der Waals surface area (Å²) >= 11 is 6.23. The lowest BCUT2D eigenvalue weighted by atomic mass is 10.2. The second-order valence-electron chi connectivity index (χ2n) is 7.08. The fraction of sp³-hybridized carbons (Fsp3) is 0.444. The van der Waals surface area contributed by atoms with Crippen LogP contribution in [0.25, 0.3) is 0 Å². The van der Waals surface area contributed by atoms with Crippen LogP contribution in [-0.4, -0.2) is 53.4 Å². The van der Waals surface area contributed by atoms with Gasteiger partial charge in [0, 0.05) is 51.0 Å². The van der Waals surface area contributed by atoms with Gasteiger partial charge in [-0.3, -0.25) is 15.0 Å². The van der Waals surface area contributed by atoms with Gasteiger partial charge in [0.05, 0.1) is 16.1 Å². The van der Waals surface area contributed by atoms with Crippen LogP contribution >= 0.6 is 11.6 Å². The molecular weight excluding hydrogens is 382 g/mol. The molecule has 28 heavy (non-hydrogen) atoms. The van der Waals surface area contributed by atoms with E-state index in [-0.39, 0.29) is 16.5 Å². The Balaban J connectivity index is 1.42. The number of amidine groups is 1. The molecule has 1 aromatic rings. The molecule has 1 saturated carbocycles. The zero-order valence-corrected chi connectivity index (χ0v) is 16.2. The van der Waals surface area contributed by atoms with Crippen molar-refractivity contribution in [1.82, 2.24) is 15.2 Å². The Labute approximate surface area is 167 Å². The standard InChI is InChI=1S/C18H22ClN7O2/c19-13-10-22-18(20)17(26(27)28)16(13)25-8-6-24(7-9-25)11-14(12-3-4-12)23-15-2-1-5-21-15/h1,5,10H,2-4,6-9,11H2,(H2,20,22)(H,21,23). The molecule has 3 aliphatic rings. The smallest absolute Gasteiger partial charge is 0.335 e. The Hall–Kier alpha value is -2.65. The molecule has 1 aliphatic carbocycles. The van der Waals surface area contributed by atoms with Gasteiger partial charge in [-0.05, 0) is 18.4 Å². The second-order valence-corrected chi connectivity index (χ2v) is 7.49. The summed E-state index contributed by atoms with van der Waals surface area (Å²) in [4.78, 5) is 23.4. The summed E-state index contributed by atoms with van der Waals surface area (Å²) in [6.07, 6.45) is 8.36. The number of nitro groups is 1. The molecule has 0 amide bonds. The fourth-order valence-corrected chi connectivity index (χ4v) is 3.80. The predicted molar refractivity (Wildman–Crippen MR) is 110 cm³/mol. The van der Waals surface area contributed by atoms with E-state index in [1.807, 2.05) is 17.2 Å². The van der Waals surface area contributed by atoms with E-state index in [0.717, 1.165) is 44.7 Å². The van der Waals surface area contributed by atoms with Gasteiger partial charge in [0.25, 0.3) is 0 Å². The molecule has 9 nitrogen and oxygen atoms in total. The Morgan fingerprint density at radius 3 is 2.68 bits per heavy atom. The van der Waals surface area contributed by atoms with Crippen molar-refractivity contribution in [3.8, 4) is 0 Å². The zero-order chi connectivity index (χ0) is 19.7. The number of hydrogen-bond donors (Lipinski definition) is 2. The van der Waals surface area contributed by atoms with Crippen molar-refractivity contribution in [2.75, 3.05) is 43.4 Å². The minimum atomic E-state index is -0.508. The highest BCUT2D eigenvalue weighted by atomic mass is 35.5. The van der Waals surface area contributed by atoms with Crippen LogP contribution in [0.3, 0.4) is 0 Å². The number of allylic oxidation sites excluding steroid dienone is 1. The van der Waals surface area contributed by atoms with Crippen LogP contribution in [0.5, 0.6) is 0 Å². The first kappa shape index (κ1) is 18.7. The normalized spacial score (nSPS) is 19.0. The van der Waals surface area contributed by atoms with E-state index in [2.05, 4.69) is 20.2 Å². The van der Waals surface area contributed by atoms with Crippen LogP contribution in [0, 0.1) is 10.1 Å². The molecule has 3 N–H and O–H groups in total. The van der Waals surface area contributed by atoms with Crippen molar-refractivity contribution >= 4 is 34.6 Å². The first-order valence-corrected chi connectivity index (χ1v) is 9.66. The van der Waals surface area contributed by atoms with E-state index in [1.165, 1.54) is 17.5 Å². The Kier molecular flexibility index (Phi) is 5.19. The molecule has 0 unspecified atom stereocenters. The van der Waals surface area contributed by atoms with Crippen molar-refractivity contribution in [1.29, 1.82) is 0 Å². The average molecular weight is 404 g/mol. The predicted octanol–water partition coefficient (Wildman–Crippen LogP) is 2.30. The summed E-state index contributed by atoms with van der Waals surface area (Å²) in [6.45, 7) is 3.65. The molecule has 148 valence electrons. The van der Waals surface area contributed by atoms with Crippen molar-refractivity contribution < 1.29 is 4.92 Å². The van der Waals surface area contributed by atoms with Gasteiger partial charge in [-0.25, -0.2) is 9.98 Å². The third-order valence-corrected chi connectivity index (χ3v) is 5.41. The number of aliphatic imine (C=N–C) groups is 1. The number of pyridine rings is 1. The minimum absolute atomic E-state index is 0.109. The van der Waals surface area contributed by atoms with Gasteiger partial charge in [-0.1, -0.05) is 17.7 Å². The van der Waals surface area contributed by atoms with Crippen molar-refractivity contribution in [2.45, 2.75) is 19.3 Å². The summed E-state index contributed by atoms with van der Waals surface area (Å²) in [7, 11) is 0. The molecule has 1 aromatic heterocycles. The lowest BCUT2D eigenvalue weighted by molar-refractivity contribution is -0.383.